The van der Waals surface area contributed by atoms with Crippen LogP contribution in [0.5, 0.6) is 0 Å². The Hall–Kier alpha value is -2.47. The first kappa shape index (κ1) is 19.8. The van der Waals surface area contributed by atoms with Gasteiger partial charge in [-0.1, -0.05) is 23.2 Å². The van der Waals surface area contributed by atoms with Gasteiger partial charge < -0.3 is 4.74 Å². The van der Waals surface area contributed by atoms with Crippen LogP contribution in [0.3, 0.4) is 0 Å². The molecule has 0 atom stereocenters. The normalized spacial score (nSPS) is 10.0. The Bertz CT molecular complexity index is 866. The van der Waals surface area contributed by atoms with Gasteiger partial charge in [0.25, 0.3) is 5.69 Å². The van der Waals surface area contributed by atoms with E-state index in [1.165, 1.54) is 36.4 Å². The first-order valence-corrected chi connectivity index (χ1v) is 8.84. The Kier molecular flexibility index (Phi) is 7.09. The molecule has 0 fully saturated rings. The molecular weight excluding hydrogens is 401 g/mol. The van der Waals surface area contributed by atoms with Crippen molar-refractivity contribution in [3.8, 4) is 6.07 Å². The van der Waals surface area contributed by atoms with Gasteiger partial charge in [-0.2, -0.15) is 5.26 Å². The van der Waals surface area contributed by atoms with Crippen molar-refractivity contribution in [2.75, 3.05) is 17.7 Å². The second-order valence-electron chi connectivity index (χ2n) is 4.82. The van der Waals surface area contributed by atoms with Crippen LogP contribution in [-0.4, -0.2) is 23.4 Å². The molecule has 0 aliphatic carbocycles. The second kappa shape index (κ2) is 9.29. The van der Waals surface area contributed by atoms with Gasteiger partial charge in [0.05, 0.1) is 21.5 Å². The van der Waals surface area contributed by atoms with Gasteiger partial charge in [0, 0.05) is 27.6 Å². The van der Waals surface area contributed by atoms with E-state index in [2.05, 4.69) is 5.32 Å². The summed E-state index contributed by atoms with van der Waals surface area (Å²) in [7, 11) is 0. The number of benzene rings is 2. The zero-order valence-electron chi connectivity index (χ0n) is 13.1. The van der Waals surface area contributed by atoms with Crippen LogP contribution in [0.4, 0.5) is 16.2 Å². The summed E-state index contributed by atoms with van der Waals surface area (Å²) in [6.07, 6.45) is -0.696. The van der Waals surface area contributed by atoms with Crippen molar-refractivity contribution in [2.45, 2.75) is 4.90 Å². The number of thioether (sulfide) groups is 1. The van der Waals surface area contributed by atoms with Crippen molar-refractivity contribution in [1.29, 1.82) is 5.26 Å². The molecule has 0 bridgehead atoms. The standard InChI is InChI=1S/C16H11Cl2N3O4S/c17-11-6-12(18)8-13(7-11)20-16(22)25-3-4-26-15-2-1-10(9-19)5-14(15)21(23)24/h1-2,5-8H,3-4H2,(H,20,22). The highest BCUT2D eigenvalue weighted by Gasteiger charge is 2.15. The number of anilines is 1. The quantitative estimate of drug-likeness (QED) is 0.306. The van der Waals surface area contributed by atoms with Gasteiger partial charge in [0.2, 0.25) is 0 Å². The van der Waals surface area contributed by atoms with Crippen molar-refractivity contribution in [3.05, 3.63) is 62.1 Å². The van der Waals surface area contributed by atoms with Crippen LogP contribution >= 0.6 is 35.0 Å². The van der Waals surface area contributed by atoms with Crippen LogP contribution in [0.25, 0.3) is 0 Å². The number of hydrogen-bond acceptors (Lipinski definition) is 6. The number of nitro benzene ring substituents is 1. The van der Waals surface area contributed by atoms with Crippen molar-refractivity contribution in [2.24, 2.45) is 0 Å². The van der Waals surface area contributed by atoms with Gasteiger partial charge in [-0.05, 0) is 30.3 Å². The van der Waals surface area contributed by atoms with Gasteiger partial charge in [-0.25, -0.2) is 4.79 Å². The molecule has 2 aromatic carbocycles. The minimum absolute atomic E-state index is 0.0297. The van der Waals surface area contributed by atoms with Crippen LogP contribution in [0, 0.1) is 21.4 Å². The maximum absolute atomic E-state index is 11.7. The number of nitriles is 1. The molecule has 0 aliphatic rings. The highest BCUT2D eigenvalue weighted by atomic mass is 35.5. The van der Waals surface area contributed by atoms with Crippen LogP contribution in [0.15, 0.2) is 41.3 Å². The Balaban J connectivity index is 1.86. The number of carbonyl (C=O) groups excluding carboxylic acids is 1. The molecule has 26 heavy (non-hydrogen) atoms. The number of nitro groups is 1. The predicted molar refractivity (Wildman–Crippen MR) is 100.0 cm³/mol. The van der Waals surface area contributed by atoms with Gasteiger partial charge in [0.1, 0.15) is 6.61 Å². The van der Waals surface area contributed by atoms with E-state index in [1.54, 1.807) is 0 Å². The van der Waals surface area contributed by atoms with Crippen molar-refractivity contribution >= 4 is 52.4 Å². The Labute approximate surface area is 163 Å². The predicted octanol–water partition coefficient (Wildman–Crippen LogP) is 5.11. The lowest BCUT2D eigenvalue weighted by molar-refractivity contribution is -0.387. The van der Waals surface area contributed by atoms with Crippen molar-refractivity contribution < 1.29 is 14.5 Å². The molecule has 0 aromatic heterocycles. The van der Waals surface area contributed by atoms with Gasteiger partial charge in [0.15, 0.2) is 0 Å². The number of nitrogens with zero attached hydrogens (tertiary/aromatic N) is 2. The number of hydrogen-bond donors (Lipinski definition) is 1. The lowest BCUT2D eigenvalue weighted by Gasteiger charge is -2.08. The molecule has 10 heteroatoms. The van der Waals surface area contributed by atoms with E-state index >= 15 is 0 Å². The van der Waals surface area contributed by atoms with E-state index in [4.69, 9.17) is 33.2 Å². The van der Waals surface area contributed by atoms with Gasteiger partial charge in [-0.3, -0.25) is 15.4 Å². The molecule has 7 nitrogen and oxygen atoms in total. The highest BCUT2D eigenvalue weighted by molar-refractivity contribution is 7.99. The lowest BCUT2D eigenvalue weighted by Crippen LogP contribution is -2.15. The van der Waals surface area contributed by atoms with Crippen LogP contribution in [0.1, 0.15) is 5.56 Å². The zero-order valence-corrected chi connectivity index (χ0v) is 15.4. The first-order chi connectivity index (χ1) is 12.4. The molecule has 1 N–H and O–H groups in total. The number of ether oxygens (including phenoxy) is 1. The third-order valence-corrected chi connectivity index (χ3v) is 4.43. The van der Waals surface area contributed by atoms with E-state index in [0.29, 0.717) is 26.4 Å². The van der Waals surface area contributed by atoms with E-state index in [-0.39, 0.29) is 17.9 Å². The first-order valence-electron chi connectivity index (χ1n) is 7.10. The summed E-state index contributed by atoms with van der Waals surface area (Å²) < 4.78 is 5.01. The molecule has 2 aromatic rings. The average molecular weight is 412 g/mol. The molecule has 0 unspecified atom stereocenters. The largest absolute Gasteiger partial charge is 0.448 e. The smallest absolute Gasteiger partial charge is 0.411 e. The van der Waals surface area contributed by atoms with Crippen LogP contribution in [0.2, 0.25) is 10.0 Å². The number of carbonyl (C=O) groups is 1. The van der Waals surface area contributed by atoms with Crippen molar-refractivity contribution in [1.82, 2.24) is 0 Å². The molecule has 0 heterocycles. The van der Waals surface area contributed by atoms with E-state index in [9.17, 15) is 14.9 Å². The minimum Gasteiger partial charge on any atom is -0.448 e. The molecule has 0 spiro atoms. The van der Waals surface area contributed by atoms with Crippen LogP contribution in [-0.2, 0) is 4.74 Å². The summed E-state index contributed by atoms with van der Waals surface area (Å²) in [6, 6.07) is 10.6. The molecule has 0 saturated heterocycles. The van der Waals surface area contributed by atoms with Gasteiger partial charge in [-0.15, -0.1) is 11.8 Å². The monoisotopic (exact) mass is 411 g/mol. The Morgan fingerprint density at radius 1 is 1.27 bits per heavy atom. The molecule has 1 amide bonds. The van der Waals surface area contributed by atoms with Crippen LogP contribution < -0.4 is 5.32 Å². The molecular formula is C16H11Cl2N3O4S. The lowest BCUT2D eigenvalue weighted by atomic mass is 10.2. The fraction of sp³-hybridized carbons (Fsp3) is 0.125. The third-order valence-electron chi connectivity index (χ3n) is 2.97. The Morgan fingerprint density at radius 2 is 1.96 bits per heavy atom. The SMILES string of the molecule is N#Cc1ccc(SCCOC(=O)Nc2cc(Cl)cc(Cl)c2)c([N+](=O)[O-])c1. The summed E-state index contributed by atoms with van der Waals surface area (Å²) in [6.45, 7) is 0.0297. The van der Waals surface area contributed by atoms with E-state index in [1.807, 2.05) is 6.07 Å². The number of rotatable bonds is 6. The van der Waals surface area contributed by atoms with E-state index in [0.717, 1.165) is 11.8 Å². The average Bonchev–Trinajstić information content (AvgIpc) is 2.57. The zero-order chi connectivity index (χ0) is 19.1. The summed E-state index contributed by atoms with van der Waals surface area (Å²) in [5, 5.41) is 23.1. The van der Waals surface area contributed by atoms with Gasteiger partial charge >= 0.3 is 6.09 Å². The molecule has 2 rings (SSSR count). The second-order valence-corrected chi connectivity index (χ2v) is 6.83. The number of amides is 1. The number of halogens is 2. The topological polar surface area (TPSA) is 105 Å². The summed E-state index contributed by atoms with van der Waals surface area (Å²) in [5.41, 5.74) is 0.437. The molecule has 0 saturated carbocycles. The highest BCUT2D eigenvalue weighted by Crippen LogP contribution is 2.30. The summed E-state index contributed by atoms with van der Waals surface area (Å²) in [5.74, 6) is 0.302. The fourth-order valence-corrected chi connectivity index (χ4v) is 3.28. The number of nitrogens with one attached hydrogen (secondary N) is 1. The summed E-state index contributed by atoms with van der Waals surface area (Å²) >= 11 is 12.8. The maximum Gasteiger partial charge on any atom is 0.411 e. The third kappa shape index (κ3) is 5.81. The van der Waals surface area contributed by atoms with E-state index < -0.39 is 11.0 Å². The fourth-order valence-electron chi connectivity index (χ4n) is 1.92. The Morgan fingerprint density at radius 3 is 2.58 bits per heavy atom. The maximum atomic E-state index is 11.7. The summed E-state index contributed by atoms with van der Waals surface area (Å²) in [4.78, 5) is 22.6. The molecule has 0 radical (unpaired) electrons. The molecule has 134 valence electrons. The minimum atomic E-state index is -0.696. The van der Waals surface area contributed by atoms with Crippen molar-refractivity contribution in [3.63, 3.8) is 0 Å². The molecule has 0 aliphatic heterocycles.